The molecule has 3 heterocycles. The Labute approximate surface area is 139 Å². The first-order valence-corrected chi connectivity index (χ1v) is 8.62. The molecule has 0 aromatic carbocycles. The Balaban J connectivity index is 1.87. The van der Waals surface area contributed by atoms with Crippen LogP contribution >= 0.6 is 11.3 Å². The van der Waals surface area contributed by atoms with Crippen molar-refractivity contribution in [3.63, 3.8) is 0 Å². The molecule has 2 aromatic heterocycles. The van der Waals surface area contributed by atoms with E-state index in [9.17, 15) is 9.59 Å². The lowest BCUT2D eigenvalue weighted by atomic mass is 9.95. The van der Waals surface area contributed by atoms with Crippen molar-refractivity contribution in [2.45, 2.75) is 26.7 Å². The number of thiophene rings is 1. The Bertz CT molecular complexity index is 725. The number of nitrogens with two attached hydrogens (primary N) is 1. The number of primary amides is 1. The van der Waals surface area contributed by atoms with Crippen LogP contribution in [-0.2, 0) is 4.79 Å². The molecule has 0 saturated carbocycles. The molecule has 3 rings (SSSR count). The van der Waals surface area contributed by atoms with E-state index in [4.69, 9.17) is 5.73 Å². The van der Waals surface area contributed by atoms with Gasteiger partial charge in [-0.25, -0.2) is 0 Å². The van der Waals surface area contributed by atoms with Crippen molar-refractivity contribution < 1.29 is 9.59 Å². The van der Waals surface area contributed by atoms with Crippen LogP contribution in [0.25, 0.3) is 5.00 Å². The summed E-state index contributed by atoms with van der Waals surface area (Å²) in [7, 11) is 0. The molecule has 0 aliphatic carbocycles. The summed E-state index contributed by atoms with van der Waals surface area (Å²) in [4.78, 5) is 27.3. The molecule has 2 N–H and O–H groups in total. The molecule has 1 saturated heterocycles. The maximum atomic E-state index is 13.0. The van der Waals surface area contributed by atoms with Gasteiger partial charge in [-0.05, 0) is 44.4 Å². The molecule has 5 nitrogen and oxygen atoms in total. The van der Waals surface area contributed by atoms with Gasteiger partial charge >= 0.3 is 0 Å². The Hall–Kier alpha value is -2.08. The second-order valence-electron chi connectivity index (χ2n) is 6.02. The van der Waals surface area contributed by atoms with Crippen molar-refractivity contribution in [3.05, 3.63) is 40.5 Å². The topological polar surface area (TPSA) is 68.3 Å². The molecule has 2 aromatic rings. The summed E-state index contributed by atoms with van der Waals surface area (Å²) in [5.41, 5.74) is 7.19. The summed E-state index contributed by atoms with van der Waals surface area (Å²) in [6.45, 7) is 5.23. The van der Waals surface area contributed by atoms with E-state index in [2.05, 4.69) is 0 Å². The number of amides is 2. The van der Waals surface area contributed by atoms with Crippen molar-refractivity contribution >= 4 is 23.2 Å². The first kappa shape index (κ1) is 15.8. The molecule has 122 valence electrons. The largest absolute Gasteiger partial charge is 0.369 e. The highest BCUT2D eigenvalue weighted by atomic mass is 32.1. The molecule has 0 unspecified atom stereocenters. The van der Waals surface area contributed by atoms with Gasteiger partial charge in [0.1, 0.15) is 5.00 Å². The molecule has 23 heavy (non-hydrogen) atoms. The minimum Gasteiger partial charge on any atom is -0.369 e. The van der Waals surface area contributed by atoms with Gasteiger partial charge in [0.2, 0.25) is 5.91 Å². The van der Waals surface area contributed by atoms with Crippen LogP contribution in [0.3, 0.4) is 0 Å². The number of aryl methyl sites for hydroxylation is 1. The summed E-state index contributed by atoms with van der Waals surface area (Å²) >= 11 is 1.64. The second-order valence-corrected chi connectivity index (χ2v) is 7.23. The highest BCUT2D eigenvalue weighted by molar-refractivity contribution is 7.15. The van der Waals surface area contributed by atoms with Gasteiger partial charge in [0, 0.05) is 36.3 Å². The molecule has 2 amide bonds. The van der Waals surface area contributed by atoms with Gasteiger partial charge in [-0.15, -0.1) is 11.3 Å². The highest BCUT2D eigenvalue weighted by Crippen LogP contribution is 2.32. The monoisotopic (exact) mass is 331 g/mol. The fourth-order valence-electron chi connectivity index (χ4n) is 3.04. The third-order valence-electron chi connectivity index (χ3n) is 4.60. The van der Waals surface area contributed by atoms with E-state index in [1.165, 1.54) is 0 Å². The van der Waals surface area contributed by atoms with Crippen molar-refractivity contribution in [2.24, 2.45) is 11.7 Å². The normalized spacial score (nSPS) is 15.8. The Kier molecular flexibility index (Phi) is 4.26. The molecule has 0 spiro atoms. The number of nitrogens with zero attached hydrogens (tertiary/aromatic N) is 2. The smallest absolute Gasteiger partial charge is 0.257 e. The molecule has 6 heteroatoms. The number of carbonyl (C=O) groups is 2. The lowest BCUT2D eigenvalue weighted by Crippen LogP contribution is -2.42. The van der Waals surface area contributed by atoms with Gasteiger partial charge in [0.15, 0.2) is 0 Å². The van der Waals surface area contributed by atoms with Crippen LogP contribution in [0.4, 0.5) is 0 Å². The van der Waals surface area contributed by atoms with Crippen molar-refractivity contribution in [2.75, 3.05) is 13.1 Å². The van der Waals surface area contributed by atoms with E-state index >= 15 is 0 Å². The molecule has 0 radical (unpaired) electrons. The first-order valence-electron chi connectivity index (χ1n) is 7.81. The van der Waals surface area contributed by atoms with Gasteiger partial charge in [-0.2, -0.15) is 0 Å². The number of aromatic nitrogens is 1. The number of piperidine rings is 1. The van der Waals surface area contributed by atoms with Gasteiger partial charge in [-0.3, -0.25) is 9.59 Å². The lowest BCUT2D eigenvalue weighted by molar-refractivity contribution is -0.123. The molecule has 1 fully saturated rings. The molecule has 0 bridgehead atoms. The number of rotatable bonds is 3. The van der Waals surface area contributed by atoms with Crippen LogP contribution in [0.1, 0.15) is 33.6 Å². The molecular weight excluding hydrogens is 310 g/mol. The van der Waals surface area contributed by atoms with E-state index in [-0.39, 0.29) is 17.7 Å². The van der Waals surface area contributed by atoms with Gasteiger partial charge in [-0.1, -0.05) is 0 Å². The quantitative estimate of drug-likeness (QED) is 0.939. The van der Waals surface area contributed by atoms with E-state index in [0.29, 0.717) is 25.9 Å². The van der Waals surface area contributed by atoms with Gasteiger partial charge in [0.05, 0.1) is 5.56 Å². The van der Waals surface area contributed by atoms with Crippen LogP contribution in [0.15, 0.2) is 24.5 Å². The van der Waals surface area contributed by atoms with E-state index in [1.54, 1.807) is 11.3 Å². The van der Waals surface area contributed by atoms with Crippen LogP contribution in [0.2, 0.25) is 0 Å². The predicted octanol–water partition coefficient (Wildman–Crippen LogP) is 2.49. The molecule has 1 aliphatic rings. The standard InChI is InChI=1S/C17H21N3O2S/c1-11-12(2)23-17(20-7-3-4-8-20)14(11)16(22)19-9-5-13(6-10-19)15(18)21/h3-4,7-8,13H,5-6,9-10H2,1-2H3,(H2,18,21). The first-order chi connectivity index (χ1) is 11.0. The second kappa shape index (κ2) is 6.20. The fraction of sp³-hybridized carbons (Fsp3) is 0.412. The number of hydrogen-bond acceptors (Lipinski definition) is 3. The highest BCUT2D eigenvalue weighted by Gasteiger charge is 2.30. The predicted molar refractivity (Wildman–Crippen MR) is 90.9 cm³/mol. The Morgan fingerprint density at radius 1 is 1.17 bits per heavy atom. The minimum absolute atomic E-state index is 0.0541. The maximum absolute atomic E-state index is 13.0. The van der Waals surface area contributed by atoms with Crippen LogP contribution in [0, 0.1) is 19.8 Å². The minimum atomic E-state index is -0.257. The summed E-state index contributed by atoms with van der Waals surface area (Å²) in [5.74, 6) is -0.306. The van der Waals surface area contributed by atoms with Crippen LogP contribution < -0.4 is 5.73 Å². The zero-order valence-electron chi connectivity index (χ0n) is 13.4. The van der Waals surface area contributed by atoms with Gasteiger partial charge in [0.25, 0.3) is 5.91 Å². The van der Waals surface area contributed by atoms with E-state index in [0.717, 1.165) is 21.0 Å². The maximum Gasteiger partial charge on any atom is 0.257 e. The molecule has 0 atom stereocenters. The van der Waals surface area contributed by atoms with Crippen molar-refractivity contribution in [3.8, 4) is 5.00 Å². The average molecular weight is 331 g/mol. The number of likely N-dealkylation sites (tertiary alicyclic amines) is 1. The zero-order valence-corrected chi connectivity index (χ0v) is 14.2. The average Bonchev–Trinajstić information content (AvgIpc) is 3.16. The van der Waals surface area contributed by atoms with Crippen molar-refractivity contribution in [1.82, 2.24) is 9.47 Å². The number of hydrogen-bond donors (Lipinski definition) is 1. The SMILES string of the molecule is Cc1sc(-n2cccc2)c(C(=O)N2CCC(C(N)=O)CC2)c1C. The third kappa shape index (κ3) is 2.91. The summed E-state index contributed by atoms with van der Waals surface area (Å²) in [5, 5.41) is 0.965. The zero-order chi connectivity index (χ0) is 16.6. The van der Waals surface area contributed by atoms with Gasteiger partial charge < -0.3 is 15.2 Å². The summed E-state index contributed by atoms with van der Waals surface area (Å²) < 4.78 is 1.99. The van der Waals surface area contributed by atoms with Crippen LogP contribution in [0.5, 0.6) is 0 Å². The molecular formula is C17H21N3O2S. The summed E-state index contributed by atoms with van der Waals surface area (Å²) in [6.07, 6.45) is 5.23. The van der Waals surface area contributed by atoms with E-state index < -0.39 is 0 Å². The lowest BCUT2D eigenvalue weighted by Gasteiger charge is -2.31. The Morgan fingerprint density at radius 3 is 2.35 bits per heavy atom. The Morgan fingerprint density at radius 2 is 1.78 bits per heavy atom. The third-order valence-corrected chi connectivity index (χ3v) is 5.82. The van der Waals surface area contributed by atoms with Crippen LogP contribution in [-0.4, -0.2) is 34.4 Å². The van der Waals surface area contributed by atoms with E-state index in [1.807, 2.05) is 47.8 Å². The fourth-order valence-corrected chi connectivity index (χ4v) is 4.15. The summed E-state index contributed by atoms with van der Waals surface area (Å²) in [6, 6.07) is 3.91. The van der Waals surface area contributed by atoms with Crippen molar-refractivity contribution in [1.29, 1.82) is 0 Å². The molecule has 1 aliphatic heterocycles. The number of carbonyl (C=O) groups excluding carboxylic acids is 2.